The average molecular weight is 1470 g/mol. The van der Waals surface area contributed by atoms with E-state index in [1.807, 2.05) is 6.08 Å². The fourth-order valence-corrected chi connectivity index (χ4v) is 14.3. The lowest BCUT2D eigenvalue weighted by Crippen LogP contribution is -2.66. The fourth-order valence-electron chi connectivity index (χ4n) is 14.3. The third kappa shape index (κ3) is 44.3. The molecule has 3 fully saturated rings. The number of aliphatic hydroxyl groups is 11. The normalized spacial score (nSPS) is 26.2. The molecule has 0 aromatic rings. The Balaban J connectivity index is 1.36. The van der Waals surface area contributed by atoms with Gasteiger partial charge in [-0.25, -0.2) is 0 Å². The Hall–Kier alpha value is -2.25. The summed E-state index contributed by atoms with van der Waals surface area (Å²) in [5.41, 5.74) is 0. The molecule has 3 heterocycles. The molecule has 0 aromatic carbocycles. The number of carbonyl (C=O) groups excluding carboxylic acids is 1. The van der Waals surface area contributed by atoms with Gasteiger partial charge < -0.3 is 89.9 Å². The van der Waals surface area contributed by atoms with E-state index in [1.165, 1.54) is 270 Å². The van der Waals surface area contributed by atoms with Crippen LogP contribution in [0.1, 0.15) is 348 Å². The molecule has 3 saturated heterocycles. The van der Waals surface area contributed by atoms with Crippen molar-refractivity contribution < 1.29 is 89.4 Å². The zero-order valence-electron chi connectivity index (χ0n) is 64.8. The Labute approximate surface area is 624 Å². The van der Waals surface area contributed by atoms with Crippen LogP contribution in [0.25, 0.3) is 0 Å². The Bertz CT molecular complexity index is 2050. The molecule has 604 valence electrons. The third-order valence-electron chi connectivity index (χ3n) is 21.1. The number of carbonyl (C=O) groups is 1. The summed E-state index contributed by atoms with van der Waals surface area (Å²) in [6.07, 6.45) is 55.4. The zero-order valence-corrected chi connectivity index (χ0v) is 64.8. The summed E-state index contributed by atoms with van der Waals surface area (Å²) in [6.45, 7) is 1.76. The van der Waals surface area contributed by atoms with Gasteiger partial charge in [0, 0.05) is 6.42 Å². The standard InChI is InChI=1S/C84H155NO18/c1-3-5-7-9-11-13-15-17-19-21-23-25-27-29-31-32-33-34-36-38-40-42-44-46-48-50-52-54-56-58-60-62-72(90)85-67(68(89)61-59-57-55-53-51-49-47-45-43-41-39-37-35-30-28-26-24-22-20-18-16-14-12-10-8-6-4-2)66-98-82-78(96)75(93)80(70(64-87)100-82)103-84-79(97)76(94)81(71(65-88)101-84)102-83-77(95)74(92)73(91)69(63-86)99-83/h15,17,21,23,51,53,59,61,67-71,73-84,86-89,91-97H,3-14,16,18-20,22,24-50,52,54-58,60,62-66H2,1-2H3,(H,85,90)/b17-15-,23-21-,53-51+,61-59+. The molecule has 17 unspecified atom stereocenters. The second kappa shape index (κ2) is 64.6. The summed E-state index contributed by atoms with van der Waals surface area (Å²) in [7, 11) is 0. The van der Waals surface area contributed by atoms with Crippen LogP contribution < -0.4 is 5.32 Å². The molecule has 0 spiro atoms. The molecule has 1 amide bonds. The van der Waals surface area contributed by atoms with Crippen LogP contribution in [0, 0.1) is 0 Å². The van der Waals surface area contributed by atoms with Crippen LogP contribution in [0.3, 0.4) is 0 Å². The third-order valence-corrected chi connectivity index (χ3v) is 21.1. The Morgan fingerprint density at radius 2 is 0.650 bits per heavy atom. The summed E-state index contributed by atoms with van der Waals surface area (Å²) in [5.74, 6) is -0.279. The lowest BCUT2D eigenvalue weighted by molar-refractivity contribution is -0.379. The van der Waals surface area contributed by atoms with Crippen molar-refractivity contribution in [3.63, 3.8) is 0 Å². The van der Waals surface area contributed by atoms with Gasteiger partial charge in [0.15, 0.2) is 18.9 Å². The van der Waals surface area contributed by atoms with Gasteiger partial charge in [-0.05, 0) is 64.2 Å². The van der Waals surface area contributed by atoms with E-state index < -0.39 is 124 Å². The number of aliphatic hydroxyl groups excluding tert-OH is 11. The summed E-state index contributed by atoms with van der Waals surface area (Å²) in [5, 5.41) is 121. The number of hydrogen-bond acceptors (Lipinski definition) is 18. The first kappa shape index (κ1) is 95.0. The predicted octanol–water partition coefficient (Wildman–Crippen LogP) is 14.8. The van der Waals surface area contributed by atoms with E-state index in [4.69, 9.17) is 28.4 Å². The van der Waals surface area contributed by atoms with Crippen LogP contribution in [-0.4, -0.2) is 193 Å². The van der Waals surface area contributed by atoms with E-state index in [0.29, 0.717) is 12.8 Å². The van der Waals surface area contributed by atoms with Crippen molar-refractivity contribution in [1.29, 1.82) is 0 Å². The first-order valence-electron chi connectivity index (χ1n) is 42.4. The molecular weight excluding hydrogens is 1310 g/mol. The highest BCUT2D eigenvalue weighted by molar-refractivity contribution is 5.76. The molecule has 17 atom stereocenters. The van der Waals surface area contributed by atoms with Crippen LogP contribution in [0.5, 0.6) is 0 Å². The monoisotopic (exact) mass is 1470 g/mol. The lowest BCUT2D eigenvalue weighted by Gasteiger charge is -2.48. The van der Waals surface area contributed by atoms with Gasteiger partial charge in [0.2, 0.25) is 5.91 Å². The molecule has 0 bridgehead atoms. The molecule has 3 rings (SSSR count). The minimum atomic E-state index is -1.98. The number of rotatable bonds is 68. The maximum Gasteiger partial charge on any atom is 0.220 e. The van der Waals surface area contributed by atoms with E-state index in [9.17, 15) is 61.0 Å². The Morgan fingerprint density at radius 1 is 0.350 bits per heavy atom. The van der Waals surface area contributed by atoms with E-state index in [0.717, 1.165) is 44.9 Å². The van der Waals surface area contributed by atoms with Crippen LogP contribution in [-0.2, 0) is 33.2 Å². The van der Waals surface area contributed by atoms with Gasteiger partial charge in [0.1, 0.15) is 73.2 Å². The highest BCUT2D eigenvalue weighted by Crippen LogP contribution is 2.33. The lowest BCUT2D eigenvalue weighted by atomic mass is 9.96. The molecule has 0 saturated carbocycles. The molecule has 0 aliphatic carbocycles. The summed E-state index contributed by atoms with van der Waals surface area (Å²) >= 11 is 0. The van der Waals surface area contributed by atoms with Crippen molar-refractivity contribution >= 4 is 5.91 Å². The van der Waals surface area contributed by atoms with Crippen molar-refractivity contribution in [3.05, 3.63) is 48.6 Å². The van der Waals surface area contributed by atoms with Gasteiger partial charge in [0.25, 0.3) is 0 Å². The number of unbranched alkanes of at least 4 members (excludes halogenated alkanes) is 46. The minimum Gasteiger partial charge on any atom is -0.394 e. The Kier molecular flexibility index (Phi) is 59.5. The van der Waals surface area contributed by atoms with Gasteiger partial charge in [-0.15, -0.1) is 0 Å². The van der Waals surface area contributed by atoms with Gasteiger partial charge in [-0.2, -0.15) is 0 Å². The number of allylic oxidation sites excluding steroid dienone is 7. The van der Waals surface area contributed by atoms with E-state index in [-0.39, 0.29) is 18.9 Å². The summed E-state index contributed by atoms with van der Waals surface area (Å²) < 4.78 is 34.5. The van der Waals surface area contributed by atoms with Crippen LogP contribution >= 0.6 is 0 Å². The van der Waals surface area contributed by atoms with Gasteiger partial charge in [-0.3, -0.25) is 4.79 Å². The number of amides is 1. The second-order valence-electron chi connectivity index (χ2n) is 30.3. The molecule has 103 heavy (non-hydrogen) atoms. The smallest absolute Gasteiger partial charge is 0.220 e. The van der Waals surface area contributed by atoms with Crippen LogP contribution in [0.15, 0.2) is 48.6 Å². The van der Waals surface area contributed by atoms with Gasteiger partial charge in [0.05, 0.1) is 38.6 Å². The fraction of sp³-hybridized carbons (Fsp3) is 0.893. The van der Waals surface area contributed by atoms with Gasteiger partial charge in [-0.1, -0.05) is 326 Å². The number of nitrogens with one attached hydrogen (secondary N) is 1. The highest BCUT2D eigenvalue weighted by atomic mass is 16.8. The molecule has 19 nitrogen and oxygen atoms in total. The van der Waals surface area contributed by atoms with E-state index >= 15 is 0 Å². The predicted molar refractivity (Wildman–Crippen MR) is 411 cm³/mol. The van der Waals surface area contributed by atoms with E-state index in [2.05, 4.69) is 55.6 Å². The molecular formula is C84H155NO18. The topological polar surface area (TPSA) is 307 Å². The van der Waals surface area contributed by atoms with Crippen molar-refractivity contribution in [3.8, 4) is 0 Å². The molecule has 0 aromatic heterocycles. The maximum absolute atomic E-state index is 13.5. The molecule has 12 N–H and O–H groups in total. The molecule has 0 radical (unpaired) electrons. The average Bonchev–Trinajstić information content (AvgIpc) is 0.781. The maximum atomic E-state index is 13.5. The second-order valence-corrected chi connectivity index (χ2v) is 30.3. The largest absolute Gasteiger partial charge is 0.394 e. The van der Waals surface area contributed by atoms with Gasteiger partial charge >= 0.3 is 0 Å². The van der Waals surface area contributed by atoms with E-state index in [1.54, 1.807) is 6.08 Å². The van der Waals surface area contributed by atoms with Crippen molar-refractivity contribution in [1.82, 2.24) is 5.32 Å². The molecule has 19 heteroatoms. The number of hydrogen-bond donors (Lipinski definition) is 12. The number of ether oxygens (including phenoxy) is 6. The Morgan fingerprint density at radius 3 is 1.03 bits per heavy atom. The summed E-state index contributed by atoms with van der Waals surface area (Å²) in [6, 6.07) is -0.992. The summed E-state index contributed by atoms with van der Waals surface area (Å²) in [4.78, 5) is 13.5. The van der Waals surface area contributed by atoms with Crippen molar-refractivity contribution in [2.75, 3.05) is 26.4 Å². The van der Waals surface area contributed by atoms with Crippen molar-refractivity contribution in [2.45, 2.75) is 452 Å². The van der Waals surface area contributed by atoms with Crippen LogP contribution in [0.4, 0.5) is 0 Å². The SMILES string of the molecule is CCCCCCC/C=C\C/C=C\CCCCCCCCCCCCCCCCCCCCCC(=O)NC(COC1OC(CO)C(OC2OC(CO)C(OC3OC(CO)C(O)C(O)C3O)C(O)C2O)C(O)C1O)C(O)/C=C/CC/C=C/CCCCCCCCCCCCCCCCCCCCCCC. The quantitative estimate of drug-likeness (QED) is 0.0199. The first-order chi connectivity index (χ1) is 50.3. The zero-order chi connectivity index (χ0) is 74.6. The molecule has 3 aliphatic heterocycles. The minimum absolute atomic E-state index is 0.238. The first-order valence-corrected chi connectivity index (χ1v) is 42.4. The highest BCUT2D eigenvalue weighted by Gasteiger charge is 2.54. The van der Waals surface area contributed by atoms with Crippen molar-refractivity contribution in [2.24, 2.45) is 0 Å². The molecule has 3 aliphatic rings. The van der Waals surface area contributed by atoms with Crippen LogP contribution in [0.2, 0.25) is 0 Å².